The summed E-state index contributed by atoms with van der Waals surface area (Å²) >= 11 is 0. The number of hydroxylamine groups is 1. The predicted molar refractivity (Wildman–Crippen MR) is 111 cm³/mol. The Balaban J connectivity index is 1.73. The van der Waals surface area contributed by atoms with Gasteiger partial charge in [-0.3, -0.25) is 0 Å². The quantitative estimate of drug-likeness (QED) is 0.451. The molecule has 1 aliphatic heterocycles. The molecular formula is C24H18N2O2. The third-order valence-electron chi connectivity index (χ3n) is 4.99. The molecule has 0 bridgehead atoms. The third kappa shape index (κ3) is 2.67. The van der Waals surface area contributed by atoms with Gasteiger partial charge in [-0.2, -0.15) is 5.06 Å². The van der Waals surface area contributed by atoms with Crippen LogP contribution in [0, 0.1) is 0 Å². The van der Waals surface area contributed by atoms with E-state index in [2.05, 4.69) is 24.3 Å². The highest BCUT2D eigenvalue weighted by Crippen LogP contribution is 2.41. The van der Waals surface area contributed by atoms with E-state index in [-0.39, 0.29) is 0 Å². The highest BCUT2D eigenvalue weighted by molar-refractivity contribution is 5.95. The number of para-hydroxylation sites is 2. The van der Waals surface area contributed by atoms with Crippen molar-refractivity contribution in [2.24, 2.45) is 0 Å². The number of carbonyl (C=O) groups is 1. The Morgan fingerprint density at radius 1 is 0.643 bits per heavy atom. The van der Waals surface area contributed by atoms with E-state index in [1.165, 1.54) is 0 Å². The Labute approximate surface area is 163 Å². The number of rotatable bonds is 3. The molecule has 4 aromatic carbocycles. The van der Waals surface area contributed by atoms with Gasteiger partial charge in [0.05, 0.1) is 5.69 Å². The number of amides is 1. The van der Waals surface area contributed by atoms with Crippen LogP contribution < -0.4 is 9.96 Å². The number of hydrogen-bond donors (Lipinski definition) is 0. The Morgan fingerprint density at radius 2 is 1.25 bits per heavy atom. The fourth-order valence-electron chi connectivity index (χ4n) is 3.73. The first-order chi connectivity index (χ1) is 13.8. The lowest BCUT2D eigenvalue weighted by molar-refractivity contribution is 0.164. The zero-order chi connectivity index (χ0) is 18.9. The van der Waals surface area contributed by atoms with Crippen molar-refractivity contribution in [3.63, 3.8) is 0 Å². The summed E-state index contributed by atoms with van der Waals surface area (Å²) in [6.07, 6.45) is -0.809. The van der Waals surface area contributed by atoms with Gasteiger partial charge in [0.15, 0.2) is 6.17 Å². The van der Waals surface area contributed by atoms with Crippen molar-refractivity contribution < 1.29 is 9.63 Å². The van der Waals surface area contributed by atoms with E-state index in [0.29, 0.717) is 0 Å². The zero-order valence-electron chi connectivity index (χ0n) is 15.1. The van der Waals surface area contributed by atoms with E-state index < -0.39 is 12.3 Å². The van der Waals surface area contributed by atoms with Crippen molar-refractivity contribution in [2.75, 3.05) is 9.96 Å². The Morgan fingerprint density at radius 3 is 2.00 bits per heavy atom. The van der Waals surface area contributed by atoms with Crippen LogP contribution in [0.25, 0.3) is 10.8 Å². The Kier molecular flexibility index (Phi) is 3.95. The summed E-state index contributed by atoms with van der Waals surface area (Å²) in [5.41, 5.74) is 2.63. The summed E-state index contributed by atoms with van der Waals surface area (Å²) in [4.78, 5) is 20.4. The molecule has 0 saturated carbocycles. The molecule has 1 fully saturated rings. The van der Waals surface area contributed by atoms with E-state index in [9.17, 15) is 4.79 Å². The van der Waals surface area contributed by atoms with Crippen molar-refractivity contribution in [2.45, 2.75) is 6.17 Å². The molecule has 4 heteroatoms. The van der Waals surface area contributed by atoms with E-state index in [0.717, 1.165) is 27.7 Å². The molecule has 0 N–H and O–H groups in total. The molecule has 1 heterocycles. The lowest BCUT2D eigenvalue weighted by atomic mass is 10.0. The molecule has 0 radical (unpaired) electrons. The fourth-order valence-corrected chi connectivity index (χ4v) is 3.73. The summed E-state index contributed by atoms with van der Waals surface area (Å²) in [6, 6.07) is 33.7. The first-order valence-corrected chi connectivity index (χ1v) is 9.21. The SMILES string of the molecule is O=C1ON(c2ccccc2)[C@H](c2cccc3ccccc23)N1c1ccccc1. The van der Waals surface area contributed by atoms with Crippen LogP contribution >= 0.6 is 0 Å². The largest absolute Gasteiger partial charge is 0.440 e. The molecule has 0 aliphatic carbocycles. The molecule has 1 atom stereocenters. The van der Waals surface area contributed by atoms with Gasteiger partial charge in [0.2, 0.25) is 0 Å². The van der Waals surface area contributed by atoms with Crippen LogP contribution in [-0.2, 0) is 4.84 Å². The van der Waals surface area contributed by atoms with Gasteiger partial charge in [-0.1, -0.05) is 78.9 Å². The van der Waals surface area contributed by atoms with Crippen molar-refractivity contribution in [1.82, 2.24) is 0 Å². The smallest absolute Gasteiger partial charge is 0.319 e. The standard InChI is InChI=1S/C24H18N2O2/c27-24-25(19-12-3-1-4-13-19)23(26(28-24)20-14-5-2-6-15-20)22-17-9-11-18-10-7-8-16-21(18)22/h1-17,23H/t23-/m1/s1. The number of nitrogens with zero attached hydrogens (tertiary/aromatic N) is 2. The molecule has 28 heavy (non-hydrogen) atoms. The van der Waals surface area contributed by atoms with E-state index >= 15 is 0 Å². The molecule has 0 spiro atoms. The fraction of sp³-hybridized carbons (Fsp3) is 0.0417. The minimum Gasteiger partial charge on any atom is -0.319 e. The summed E-state index contributed by atoms with van der Waals surface area (Å²) in [6.45, 7) is 0. The summed E-state index contributed by atoms with van der Waals surface area (Å²) < 4.78 is 0. The lowest BCUT2D eigenvalue weighted by Gasteiger charge is -2.28. The van der Waals surface area contributed by atoms with Gasteiger partial charge in [-0.25, -0.2) is 9.69 Å². The van der Waals surface area contributed by atoms with Crippen LogP contribution in [0.3, 0.4) is 0 Å². The van der Waals surface area contributed by atoms with Crippen LogP contribution in [0.1, 0.15) is 11.7 Å². The van der Waals surface area contributed by atoms with Crippen LogP contribution in [0.4, 0.5) is 16.2 Å². The maximum Gasteiger partial charge on any atom is 0.440 e. The van der Waals surface area contributed by atoms with Crippen LogP contribution in [0.15, 0.2) is 103 Å². The normalized spacial score (nSPS) is 16.4. The monoisotopic (exact) mass is 366 g/mol. The minimum atomic E-state index is -0.414. The zero-order valence-corrected chi connectivity index (χ0v) is 15.1. The summed E-state index contributed by atoms with van der Waals surface area (Å²) in [5, 5.41) is 3.91. The highest BCUT2D eigenvalue weighted by Gasteiger charge is 2.43. The molecule has 5 rings (SSSR count). The van der Waals surface area contributed by atoms with Crippen LogP contribution in [0.2, 0.25) is 0 Å². The summed E-state index contributed by atoms with van der Waals surface area (Å²) in [5.74, 6) is 0. The average molecular weight is 366 g/mol. The van der Waals surface area contributed by atoms with Crippen LogP contribution in [-0.4, -0.2) is 6.09 Å². The number of hydrogen-bond acceptors (Lipinski definition) is 3. The van der Waals surface area contributed by atoms with Crippen molar-refractivity contribution in [3.05, 3.63) is 109 Å². The second-order valence-electron chi connectivity index (χ2n) is 6.67. The number of benzene rings is 4. The van der Waals surface area contributed by atoms with Crippen molar-refractivity contribution >= 4 is 28.2 Å². The van der Waals surface area contributed by atoms with E-state index in [4.69, 9.17) is 4.84 Å². The second-order valence-corrected chi connectivity index (χ2v) is 6.67. The number of fused-ring (bicyclic) bond motifs is 1. The third-order valence-corrected chi connectivity index (χ3v) is 4.99. The Hall–Kier alpha value is -3.79. The van der Waals surface area contributed by atoms with Gasteiger partial charge in [-0.05, 0) is 35.0 Å². The van der Waals surface area contributed by atoms with Crippen molar-refractivity contribution in [1.29, 1.82) is 0 Å². The molecule has 4 nitrogen and oxygen atoms in total. The van der Waals surface area contributed by atoms with Gasteiger partial charge in [-0.15, -0.1) is 0 Å². The van der Waals surface area contributed by atoms with Crippen LogP contribution in [0.5, 0.6) is 0 Å². The lowest BCUT2D eigenvalue weighted by Crippen LogP contribution is -2.31. The maximum absolute atomic E-state index is 12.9. The van der Waals surface area contributed by atoms with Gasteiger partial charge in [0.1, 0.15) is 0 Å². The topological polar surface area (TPSA) is 32.8 Å². The molecule has 0 unspecified atom stereocenters. The summed E-state index contributed by atoms with van der Waals surface area (Å²) in [7, 11) is 0. The van der Waals surface area contributed by atoms with Crippen molar-refractivity contribution in [3.8, 4) is 0 Å². The van der Waals surface area contributed by atoms with E-state index in [1.807, 2.05) is 78.9 Å². The van der Waals surface area contributed by atoms with Gasteiger partial charge < -0.3 is 4.84 Å². The van der Waals surface area contributed by atoms with Gasteiger partial charge >= 0.3 is 6.09 Å². The van der Waals surface area contributed by atoms with E-state index in [1.54, 1.807) is 9.96 Å². The molecule has 4 aromatic rings. The molecule has 1 aliphatic rings. The molecular weight excluding hydrogens is 348 g/mol. The van der Waals surface area contributed by atoms with Gasteiger partial charge in [0, 0.05) is 11.3 Å². The molecule has 0 aromatic heterocycles. The van der Waals surface area contributed by atoms with Gasteiger partial charge in [0.25, 0.3) is 0 Å². The number of anilines is 2. The molecule has 136 valence electrons. The number of carbonyl (C=O) groups excluding carboxylic acids is 1. The minimum absolute atomic E-state index is 0.395. The Bertz CT molecular complexity index is 1120. The molecule has 1 amide bonds. The average Bonchev–Trinajstić information content (AvgIpc) is 3.11. The first kappa shape index (κ1) is 16.4. The second kappa shape index (κ2) is 6.74. The first-order valence-electron chi connectivity index (χ1n) is 9.21. The highest BCUT2D eigenvalue weighted by atomic mass is 16.7. The molecule has 1 saturated heterocycles. The maximum atomic E-state index is 12.9. The predicted octanol–water partition coefficient (Wildman–Crippen LogP) is 5.92.